The van der Waals surface area contributed by atoms with E-state index in [0.717, 1.165) is 59.3 Å². The molecule has 0 saturated carbocycles. The van der Waals surface area contributed by atoms with Crippen molar-refractivity contribution >= 4 is 21.9 Å². The predicted octanol–water partition coefficient (Wildman–Crippen LogP) is 3.36. The highest BCUT2D eigenvalue weighted by Gasteiger charge is 2.17. The van der Waals surface area contributed by atoms with E-state index >= 15 is 0 Å². The first kappa shape index (κ1) is 16.2. The van der Waals surface area contributed by atoms with Gasteiger partial charge in [0, 0.05) is 35.8 Å². The Morgan fingerprint density at radius 3 is 2.63 bits per heavy atom. The lowest BCUT2D eigenvalue weighted by Gasteiger charge is -2.22. The number of phenols is 1. The third-order valence-corrected chi connectivity index (χ3v) is 5.33. The summed E-state index contributed by atoms with van der Waals surface area (Å²) in [5, 5.41) is 19.2. The molecule has 136 valence electrons. The molecule has 4 heterocycles. The summed E-state index contributed by atoms with van der Waals surface area (Å²) in [7, 11) is 1.87. The third kappa shape index (κ3) is 2.92. The Morgan fingerprint density at radius 1 is 1.00 bits per heavy atom. The lowest BCUT2D eigenvalue weighted by atomic mass is 9.94. The second-order valence-corrected chi connectivity index (χ2v) is 7.23. The van der Waals surface area contributed by atoms with Crippen molar-refractivity contribution in [3.05, 3.63) is 48.3 Å². The van der Waals surface area contributed by atoms with Gasteiger partial charge in [0.1, 0.15) is 5.75 Å². The van der Waals surface area contributed by atoms with Gasteiger partial charge in [-0.1, -0.05) is 0 Å². The molecular weight excluding hydrogens is 338 g/mol. The number of hydrogen-bond donors (Lipinski definition) is 2. The summed E-state index contributed by atoms with van der Waals surface area (Å²) >= 11 is 0. The van der Waals surface area contributed by atoms with Crippen LogP contribution in [0.3, 0.4) is 0 Å². The summed E-state index contributed by atoms with van der Waals surface area (Å²) in [4.78, 5) is 9.58. The Bertz CT molecular complexity index is 1140. The minimum Gasteiger partial charge on any atom is -0.507 e. The van der Waals surface area contributed by atoms with Crippen LogP contribution < -0.4 is 5.32 Å². The van der Waals surface area contributed by atoms with Gasteiger partial charge >= 0.3 is 0 Å². The normalized spacial score (nSPS) is 15.6. The Hall–Kier alpha value is -2.99. The fraction of sp³-hybridized carbons (Fsp3) is 0.286. The van der Waals surface area contributed by atoms with Crippen LogP contribution in [0.2, 0.25) is 0 Å². The topological polar surface area (TPSA) is 75.9 Å². The largest absolute Gasteiger partial charge is 0.507 e. The van der Waals surface area contributed by atoms with E-state index in [4.69, 9.17) is 9.97 Å². The maximum atomic E-state index is 10.5. The minimum absolute atomic E-state index is 0.210. The van der Waals surface area contributed by atoms with Crippen LogP contribution in [0.1, 0.15) is 24.5 Å². The van der Waals surface area contributed by atoms with Gasteiger partial charge in [0.25, 0.3) is 0 Å². The average molecular weight is 359 g/mol. The second kappa shape index (κ2) is 6.32. The number of aromatic hydroxyl groups is 1. The fourth-order valence-corrected chi connectivity index (χ4v) is 3.91. The van der Waals surface area contributed by atoms with E-state index in [1.165, 1.54) is 0 Å². The van der Waals surface area contributed by atoms with Gasteiger partial charge in [0.05, 0.1) is 22.2 Å². The summed E-state index contributed by atoms with van der Waals surface area (Å²) < 4.78 is 1.74. The van der Waals surface area contributed by atoms with Gasteiger partial charge < -0.3 is 10.4 Å². The Balaban J connectivity index is 1.55. The lowest BCUT2D eigenvalue weighted by molar-refractivity contribution is 0.454. The highest BCUT2D eigenvalue weighted by Crippen LogP contribution is 2.33. The molecule has 1 aromatic carbocycles. The van der Waals surface area contributed by atoms with Crippen LogP contribution in [0.4, 0.5) is 0 Å². The zero-order valence-corrected chi connectivity index (χ0v) is 15.2. The van der Waals surface area contributed by atoms with E-state index in [1.54, 1.807) is 10.7 Å². The smallest absolute Gasteiger partial charge is 0.125 e. The van der Waals surface area contributed by atoms with Crippen LogP contribution in [0.25, 0.3) is 33.2 Å². The standard InChI is InChI=1S/C21H21N5O/c1-26-12-14-10-21(27)15(11-20(14)25-26)17-3-5-18-19(24-17)4-2-16(23-18)13-6-8-22-9-7-13/h2-5,10-13,22,27H,6-9H2,1H3. The zero-order chi connectivity index (χ0) is 18.4. The van der Waals surface area contributed by atoms with Crippen molar-refractivity contribution in [1.82, 2.24) is 25.1 Å². The Labute approximate surface area is 156 Å². The molecule has 0 spiro atoms. The molecule has 0 radical (unpaired) electrons. The van der Waals surface area contributed by atoms with Crippen molar-refractivity contribution in [1.29, 1.82) is 0 Å². The lowest BCUT2D eigenvalue weighted by Crippen LogP contribution is -2.27. The molecule has 6 nitrogen and oxygen atoms in total. The van der Waals surface area contributed by atoms with Crippen LogP contribution in [0.5, 0.6) is 5.75 Å². The molecule has 4 aromatic rings. The summed E-state index contributed by atoms with van der Waals surface area (Å²) in [5.41, 5.74) is 5.14. The number of phenolic OH excluding ortho intramolecular Hbond substituents is 1. The fourth-order valence-electron chi connectivity index (χ4n) is 3.91. The van der Waals surface area contributed by atoms with E-state index in [0.29, 0.717) is 11.5 Å². The van der Waals surface area contributed by atoms with Gasteiger partial charge in [0.2, 0.25) is 0 Å². The Kier molecular flexibility index (Phi) is 3.79. The van der Waals surface area contributed by atoms with Crippen molar-refractivity contribution in [2.75, 3.05) is 13.1 Å². The number of piperidine rings is 1. The molecule has 1 aliphatic rings. The van der Waals surface area contributed by atoms with Crippen LogP contribution in [0.15, 0.2) is 42.6 Å². The van der Waals surface area contributed by atoms with Gasteiger partial charge in [-0.15, -0.1) is 0 Å². The maximum absolute atomic E-state index is 10.5. The molecule has 6 heteroatoms. The summed E-state index contributed by atoms with van der Waals surface area (Å²) in [6, 6.07) is 11.7. The maximum Gasteiger partial charge on any atom is 0.125 e. The van der Waals surface area contributed by atoms with Gasteiger partial charge in [-0.3, -0.25) is 9.67 Å². The SMILES string of the molecule is Cn1cc2cc(O)c(-c3ccc4nc(C5CCNCC5)ccc4n3)cc2n1. The molecule has 1 aliphatic heterocycles. The van der Waals surface area contributed by atoms with Crippen molar-refractivity contribution in [3.8, 4) is 17.0 Å². The highest BCUT2D eigenvalue weighted by molar-refractivity contribution is 5.88. The van der Waals surface area contributed by atoms with E-state index in [9.17, 15) is 5.11 Å². The van der Waals surface area contributed by atoms with Gasteiger partial charge in [-0.2, -0.15) is 5.10 Å². The van der Waals surface area contributed by atoms with Crippen LogP contribution in [-0.4, -0.2) is 37.9 Å². The van der Waals surface area contributed by atoms with Crippen LogP contribution >= 0.6 is 0 Å². The van der Waals surface area contributed by atoms with Crippen LogP contribution in [-0.2, 0) is 7.05 Å². The highest BCUT2D eigenvalue weighted by atomic mass is 16.3. The molecule has 0 bridgehead atoms. The van der Waals surface area contributed by atoms with Crippen molar-refractivity contribution in [2.45, 2.75) is 18.8 Å². The number of aromatic nitrogens is 4. The first-order valence-corrected chi connectivity index (χ1v) is 9.32. The number of pyridine rings is 2. The molecule has 0 amide bonds. The molecule has 3 aromatic heterocycles. The monoisotopic (exact) mass is 359 g/mol. The summed E-state index contributed by atoms with van der Waals surface area (Å²) in [5.74, 6) is 0.729. The van der Waals surface area contributed by atoms with E-state index < -0.39 is 0 Å². The van der Waals surface area contributed by atoms with E-state index in [-0.39, 0.29) is 5.75 Å². The molecule has 0 unspecified atom stereocenters. The third-order valence-electron chi connectivity index (χ3n) is 5.33. The summed E-state index contributed by atoms with van der Waals surface area (Å²) in [6.07, 6.45) is 4.14. The average Bonchev–Trinajstić information content (AvgIpc) is 3.06. The van der Waals surface area contributed by atoms with Gasteiger partial charge in [-0.25, -0.2) is 4.98 Å². The molecule has 0 aliphatic carbocycles. The van der Waals surface area contributed by atoms with Crippen LogP contribution in [0, 0.1) is 0 Å². The first-order valence-electron chi connectivity index (χ1n) is 9.32. The van der Waals surface area contributed by atoms with Gasteiger partial charge in [-0.05, 0) is 62.3 Å². The second-order valence-electron chi connectivity index (χ2n) is 7.23. The molecule has 2 N–H and O–H groups in total. The van der Waals surface area contributed by atoms with Crippen molar-refractivity contribution < 1.29 is 5.11 Å². The van der Waals surface area contributed by atoms with Crippen molar-refractivity contribution in [3.63, 3.8) is 0 Å². The quantitative estimate of drug-likeness (QED) is 0.574. The number of nitrogens with zero attached hydrogens (tertiary/aromatic N) is 4. The molecule has 1 saturated heterocycles. The van der Waals surface area contributed by atoms with Gasteiger partial charge in [0.15, 0.2) is 0 Å². The van der Waals surface area contributed by atoms with E-state index in [2.05, 4.69) is 16.5 Å². The number of hydrogen-bond acceptors (Lipinski definition) is 5. The molecule has 27 heavy (non-hydrogen) atoms. The van der Waals surface area contributed by atoms with Crippen molar-refractivity contribution in [2.24, 2.45) is 7.05 Å². The predicted molar refractivity (Wildman–Crippen MR) is 106 cm³/mol. The molecule has 0 atom stereocenters. The van der Waals surface area contributed by atoms with E-state index in [1.807, 2.05) is 37.5 Å². The number of aryl methyl sites for hydroxylation is 1. The summed E-state index contributed by atoms with van der Waals surface area (Å²) in [6.45, 7) is 2.10. The first-order chi connectivity index (χ1) is 13.2. The Morgan fingerprint density at radius 2 is 1.78 bits per heavy atom. The number of nitrogens with one attached hydrogen (secondary N) is 1. The minimum atomic E-state index is 0.210. The molecule has 5 rings (SSSR count). The number of rotatable bonds is 2. The molecule has 1 fully saturated rings. The molecular formula is C21H21N5O. The zero-order valence-electron chi connectivity index (χ0n) is 15.2. The number of fused-ring (bicyclic) bond motifs is 2. The number of benzene rings is 1.